The average molecular weight is 370 g/mol. The fourth-order valence-electron chi connectivity index (χ4n) is 2.60. The fourth-order valence-corrected chi connectivity index (χ4v) is 2.60. The summed E-state index contributed by atoms with van der Waals surface area (Å²) in [6.45, 7) is 0. The smallest absolute Gasteiger partial charge is 0.270 e. The van der Waals surface area contributed by atoms with E-state index in [9.17, 15) is 9.59 Å². The minimum Gasteiger partial charge on any atom is -0.336 e. The highest BCUT2D eigenvalue weighted by molar-refractivity contribution is 5.97. The molecule has 0 saturated heterocycles. The average Bonchev–Trinajstić information content (AvgIpc) is 2.77. The normalized spacial score (nSPS) is 10.9. The Morgan fingerprint density at radius 1 is 0.750 bits per heavy atom. The summed E-state index contributed by atoms with van der Waals surface area (Å²) in [5, 5.41) is 11.6. The molecule has 0 fully saturated rings. The third-order valence-electron chi connectivity index (χ3n) is 4.05. The van der Waals surface area contributed by atoms with Crippen LogP contribution < -0.4 is 10.8 Å². The van der Waals surface area contributed by atoms with Crippen LogP contribution >= 0.6 is 0 Å². The van der Waals surface area contributed by atoms with Crippen molar-refractivity contribution in [2.45, 2.75) is 6.04 Å². The lowest BCUT2D eigenvalue weighted by atomic mass is 10.1. The van der Waals surface area contributed by atoms with Crippen LogP contribution in [-0.2, 0) is 4.79 Å². The summed E-state index contributed by atoms with van der Waals surface area (Å²) in [7, 11) is 0. The van der Waals surface area contributed by atoms with Crippen molar-refractivity contribution in [3.05, 3.63) is 107 Å². The SMILES string of the molecule is O=C(N[C@H](C(=O)NO)c1ccccc1)c1ccc(C#Cc2ccccc2)cc1. The highest BCUT2D eigenvalue weighted by Crippen LogP contribution is 2.14. The molecule has 2 amide bonds. The highest BCUT2D eigenvalue weighted by atomic mass is 16.5. The van der Waals surface area contributed by atoms with Gasteiger partial charge in [0.1, 0.15) is 6.04 Å². The Bertz CT molecular complexity index is 1000. The molecule has 0 heterocycles. The number of carbonyl (C=O) groups excluding carboxylic acids is 2. The van der Waals surface area contributed by atoms with Gasteiger partial charge in [-0.25, -0.2) is 5.48 Å². The van der Waals surface area contributed by atoms with Gasteiger partial charge in [-0.05, 0) is 42.0 Å². The Balaban J connectivity index is 1.73. The van der Waals surface area contributed by atoms with Crippen LogP contribution in [0.25, 0.3) is 0 Å². The first-order valence-corrected chi connectivity index (χ1v) is 8.64. The molecule has 0 radical (unpaired) electrons. The van der Waals surface area contributed by atoms with Crippen molar-refractivity contribution in [3.8, 4) is 11.8 Å². The predicted molar refractivity (Wildman–Crippen MR) is 105 cm³/mol. The van der Waals surface area contributed by atoms with Crippen LogP contribution in [0.4, 0.5) is 0 Å². The van der Waals surface area contributed by atoms with Crippen molar-refractivity contribution in [2.24, 2.45) is 0 Å². The zero-order valence-corrected chi connectivity index (χ0v) is 14.9. The first-order valence-electron chi connectivity index (χ1n) is 8.64. The van der Waals surface area contributed by atoms with E-state index >= 15 is 0 Å². The minimum absolute atomic E-state index is 0.386. The Morgan fingerprint density at radius 2 is 1.29 bits per heavy atom. The summed E-state index contributed by atoms with van der Waals surface area (Å²) in [4.78, 5) is 24.5. The first kappa shape index (κ1) is 18.9. The van der Waals surface area contributed by atoms with E-state index in [-0.39, 0.29) is 0 Å². The van der Waals surface area contributed by atoms with Gasteiger partial charge in [0.25, 0.3) is 11.8 Å². The lowest BCUT2D eigenvalue weighted by Gasteiger charge is -2.17. The molecule has 0 aliphatic heterocycles. The molecule has 0 aliphatic carbocycles. The summed E-state index contributed by atoms with van der Waals surface area (Å²) >= 11 is 0. The predicted octanol–water partition coefficient (Wildman–Crippen LogP) is 3.06. The van der Waals surface area contributed by atoms with Gasteiger partial charge in [-0.3, -0.25) is 14.8 Å². The molecule has 138 valence electrons. The van der Waals surface area contributed by atoms with Crippen LogP contribution in [-0.4, -0.2) is 17.0 Å². The molecule has 0 saturated carbocycles. The maximum Gasteiger partial charge on any atom is 0.270 e. The van der Waals surface area contributed by atoms with Gasteiger partial charge in [-0.2, -0.15) is 0 Å². The first-order chi connectivity index (χ1) is 13.7. The number of hydrogen-bond acceptors (Lipinski definition) is 3. The largest absolute Gasteiger partial charge is 0.336 e. The summed E-state index contributed by atoms with van der Waals surface area (Å²) in [6.07, 6.45) is 0. The Hall–Kier alpha value is -3.88. The molecule has 0 aliphatic rings. The van der Waals surface area contributed by atoms with Gasteiger partial charge in [0.05, 0.1) is 0 Å². The number of nitrogens with one attached hydrogen (secondary N) is 2. The molecule has 0 unspecified atom stereocenters. The van der Waals surface area contributed by atoms with Gasteiger partial charge in [-0.1, -0.05) is 60.4 Å². The number of carbonyl (C=O) groups is 2. The third kappa shape index (κ3) is 4.85. The minimum atomic E-state index is -1.00. The molecule has 3 N–H and O–H groups in total. The molecule has 5 heteroatoms. The van der Waals surface area contributed by atoms with Crippen molar-refractivity contribution in [1.82, 2.24) is 10.8 Å². The molecule has 0 bridgehead atoms. The standard InChI is InChI=1S/C23H18N2O3/c26-22(24-21(23(27)25-28)19-9-5-2-6-10-19)20-15-13-18(14-16-20)12-11-17-7-3-1-4-8-17/h1-10,13-16,21,28H,(H,24,26)(H,25,27)/t21-/m0/s1. The van der Waals surface area contributed by atoms with Crippen molar-refractivity contribution < 1.29 is 14.8 Å². The zero-order chi connectivity index (χ0) is 19.8. The van der Waals surface area contributed by atoms with E-state index in [1.807, 2.05) is 30.3 Å². The number of amides is 2. The molecule has 3 aromatic carbocycles. The highest BCUT2D eigenvalue weighted by Gasteiger charge is 2.22. The van der Waals surface area contributed by atoms with E-state index in [0.29, 0.717) is 11.1 Å². The van der Waals surface area contributed by atoms with Crippen LogP contribution in [0.5, 0.6) is 0 Å². The van der Waals surface area contributed by atoms with Crippen LogP contribution in [0.15, 0.2) is 84.9 Å². The molecular formula is C23H18N2O3. The topological polar surface area (TPSA) is 78.4 Å². The van der Waals surface area contributed by atoms with Gasteiger partial charge < -0.3 is 5.32 Å². The molecule has 3 rings (SSSR count). The number of benzene rings is 3. The molecule has 28 heavy (non-hydrogen) atoms. The Kier molecular flexibility index (Phi) is 6.19. The van der Waals surface area contributed by atoms with Gasteiger partial charge >= 0.3 is 0 Å². The van der Waals surface area contributed by atoms with E-state index < -0.39 is 17.9 Å². The third-order valence-corrected chi connectivity index (χ3v) is 4.05. The quantitative estimate of drug-likeness (QED) is 0.375. The number of hydroxylamine groups is 1. The van der Waals surface area contributed by atoms with E-state index in [1.165, 1.54) is 0 Å². The van der Waals surface area contributed by atoms with E-state index in [4.69, 9.17) is 5.21 Å². The molecule has 0 spiro atoms. The maximum atomic E-state index is 12.5. The lowest BCUT2D eigenvalue weighted by Crippen LogP contribution is -2.39. The molecule has 3 aromatic rings. The van der Waals surface area contributed by atoms with Gasteiger partial charge in [-0.15, -0.1) is 0 Å². The molecular weight excluding hydrogens is 352 g/mol. The second-order valence-electron chi connectivity index (χ2n) is 5.99. The second kappa shape index (κ2) is 9.17. The summed E-state index contributed by atoms with van der Waals surface area (Å²) in [5.74, 6) is 4.95. The Morgan fingerprint density at radius 3 is 1.86 bits per heavy atom. The second-order valence-corrected chi connectivity index (χ2v) is 5.99. The van der Waals surface area contributed by atoms with Gasteiger partial charge in [0, 0.05) is 16.7 Å². The lowest BCUT2D eigenvalue weighted by molar-refractivity contribution is -0.131. The number of rotatable bonds is 4. The van der Waals surface area contributed by atoms with E-state index in [2.05, 4.69) is 17.2 Å². The summed E-state index contributed by atoms with van der Waals surface area (Å²) in [6, 6.07) is 24.1. The molecule has 0 aromatic heterocycles. The van der Waals surface area contributed by atoms with Gasteiger partial charge in [0.15, 0.2) is 0 Å². The van der Waals surface area contributed by atoms with E-state index in [0.717, 1.165) is 11.1 Å². The monoisotopic (exact) mass is 370 g/mol. The van der Waals surface area contributed by atoms with Crippen LogP contribution in [0.3, 0.4) is 0 Å². The zero-order valence-electron chi connectivity index (χ0n) is 14.9. The van der Waals surface area contributed by atoms with Crippen molar-refractivity contribution >= 4 is 11.8 Å². The summed E-state index contributed by atoms with van der Waals surface area (Å²) in [5.41, 5.74) is 4.22. The molecule has 1 atom stereocenters. The van der Waals surface area contributed by atoms with Crippen LogP contribution in [0, 0.1) is 11.8 Å². The fraction of sp³-hybridized carbons (Fsp3) is 0.0435. The van der Waals surface area contributed by atoms with Crippen LogP contribution in [0.1, 0.15) is 33.1 Å². The van der Waals surface area contributed by atoms with Crippen molar-refractivity contribution in [1.29, 1.82) is 0 Å². The maximum absolute atomic E-state index is 12.5. The van der Waals surface area contributed by atoms with E-state index in [1.54, 1.807) is 60.1 Å². The molecule has 5 nitrogen and oxygen atoms in total. The number of hydrogen-bond donors (Lipinski definition) is 3. The van der Waals surface area contributed by atoms with Gasteiger partial charge in [0.2, 0.25) is 0 Å². The van der Waals surface area contributed by atoms with Crippen LogP contribution in [0.2, 0.25) is 0 Å². The summed E-state index contributed by atoms with van der Waals surface area (Å²) < 4.78 is 0. The van der Waals surface area contributed by atoms with Crippen molar-refractivity contribution in [2.75, 3.05) is 0 Å². The Labute approximate surface area is 163 Å². The van der Waals surface area contributed by atoms with Crippen molar-refractivity contribution in [3.63, 3.8) is 0 Å².